The minimum Gasteiger partial charge on any atom is -0.480 e. The van der Waals surface area contributed by atoms with Gasteiger partial charge in [0.1, 0.15) is 0 Å². The van der Waals surface area contributed by atoms with Crippen LogP contribution in [-0.2, 0) is 4.79 Å². The third-order valence-corrected chi connectivity index (χ3v) is 3.76. The summed E-state index contributed by atoms with van der Waals surface area (Å²) in [6.07, 6.45) is 4.78. The summed E-state index contributed by atoms with van der Waals surface area (Å²) in [7, 11) is 4.20. The Morgan fingerprint density at radius 2 is 1.76 bits per heavy atom. The molecule has 1 fully saturated rings. The van der Waals surface area contributed by atoms with Crippen molar-refractivity contribution in [2.24, 2.45) is 0 Å². The number of carboxylic acids is 1. The van der Waals surface area contributed by atoms with E-state index in [9.17, 15) is 4.79 Å². The van der Waals surface area contributed by atoms with E-state index in [1.54, 1.807) is 0 Å². The molecule has 0 aromatic heterocycles. The van der Waals surface area contributed by atoms with E-state index in [0.29, 0.717) is 12.1 Å². The Bertz CT molecular complexity index is 254. The Kier molecular flexibility index (Phi) is 5.40. The average Bonchev–Trinajstić information content (AvgIpc) is 2.25. The maximum Gasteiger partial charge on any atom is 0.317 e. The molecule has 0 aliphatic heterocycles. The number of carbonyl (C=O) groups is 1. The van der Waals surface area contributed by atoms with Crippen molar-refractivity contribution in [3.8, 4) is 0 Å². The zero-order valence-electron chi connectivity index (χ0n) is 11.5. The van der Waals surface area contributed by atoms with Crippen LogP contribution in [0.15, 0.2) is 0 Å². The highest BCUT2D eigenvalue weighted by Crippen LogP contribution is 2.27. The molecule has 100 valence electrons. The maximum atomic E-state index is 11.0. The molecule has 0 bridgehead atoms. The number of carboxylic acid groups (broad SMARTS) is 1. The van der Waals surface area contributed by atoms with Crippen molar-refractivity contribution in [3.63, 3.8) is 0 Å². The minimum absolute atomic E-state index is 0.159. The molecular weight excluding hydrogens is 216 g/mol. The number of aliphatic carboxylic acids is 1. The van der Waals surface area contributed by atoms with Gasteiger partial charge in [-0.3, -0.25) is 9.69 Å². The first-order chi connectivity index (χ1) is 7.93. The van der Waals surface area contributed by atoms with Crippen molar-refractivity contribution in [2.75, 3.05) is 20.6 Å². The zero-order chi connectivity index (χ0) is 13.0. The summed E-state index contributed by atoms with van der Waals surface area (Å²) < 4.78 is 0. The molecule has 2 atom stereocenters. The quantitative estimate of drug-likeness (QED) is 0.796. The molecule has 0 aromatic carbocycles. The van der Waals surface area contributed by atoms with Crippen LogP contribution in [0.5, 0.6) is 0 Å². The third-order valence-electron chi connectivity index (χ3n) is 3.76. The van der Waals surface area contributed by atoms with Gasteiger partial charge in [0.15, 0.2) is 0 Å². The lowest BCUT2D eigenvalue weighted by atomic mass is 9.87. The van der Waals surface area contributed by atoms with Crippen molar-refractivity contribution in [2.45, 2.75) is 57.7 Å². The molecular formula is C13H26N2O2. The molecule has 1 N–H and O–H groups in total. The highest BCUT2D eigenvalue weighted by molar-refractivity contribution is 5.69. The predicted octanol–water partition coefficient (Wildman–Crippen LogP) is 1.65. The van der Waals surface area contributed by atoms with Crippen LogP contribution in [0, 0.1) is 0 Å². The fourth-order valence-corrected chi connectivity index (χ4v) is 2.92. The molecule has 0 radical (unpaired) electrons. The topological polar surface area (TPSA) is 43.8 Å². The van der Waals surface area contributed by atoms with Gasteiger partial charge in [0, 0.05) is 18.1 Å². The SMILES string of the molecule is CC(C)N(CC(=O)O)[C@@H]1CCCC[C@@H]1N(C)C. The number of nitrogens with zero attached hydrogens (tertiary/aromatic N) is 2. The molecule has 0 aromatic rings. The molecule has 1 saturated carbocycles. The third kappa shape index (κ3) is 3.96. The first-order valence-electron chi connectivity index (χ1n) is 6.57. The summed E-state index contributed by atoms with van der Waals surface area (Å²) >= 11 is 0. The van der Waals surface area contributed by atoms with Crippen molar-refractivity contribution >= 4 is 5.97 Å². The molecule has 4 nitrogen and oxygen atoms in total. The highest BCUT2D eigenvalue weighted by atomic mass is 16.4. The van der Waals surface area contributed by atoms with Crippen LogP contribution in [0.2, 0.25) is 0 Å². The van der Waals surface area contributed by atoms with E-state index < -0.39 is 5.97 Å². The Morgan fingerprint density at radius 1 is 1.24 bits per heavy atom. The molecule has 0 unspecified atom stereocenters. The lowest BCUT2D eigenvalue weighted by Gasteiger charge is -2.44. The van der Waals surface area contributed by atoms with E-state index in [1.807, 2.05) is 0 Å². The van der Waals surface area contributed by atoms with Crippen molar-refractivity contribution in [1.82, 2.24) is 9.80 Å². The lowest BCUT2D eigenvalue weighted by Crippen LogP contribution is -2.54. The monoisotopic (exact) mass is 242 g/mol. The van der Waals surface area contributed by atoms with E-state index in [2.05, 4.69) is 37.7 Å². The van der Waals surface area contributed by atoms with Crippen LogP contribution in [0.1, 0.15) is 39.5 Å². The van der Waals surface area contributed by atoms with E-state index in [0.717, 1.165) is 6.42 Å². The fourth-order valence-electron chi connectivity index (χ4n) is 2.92. The fraction of sp³-hybridized carbons (Fsp3) is 0.923. The molecule has 1 rings (SSSR count). The van der Waals surface area contributed by atoms with Gasteiger partial charge in [0.25, 0.3) is 0 Å². The summed E-state index contributed by atoms with van der Waals surface area (Å²) in [6.45, 7) is 4.33. The van der Waals surface area contributed by atoms with Gasteiger partial charge in [-0.2, -0.15) is 0 Å². The lowest BCUT2D eigenvalue weighted by molar-refractivity contribution is -0.140. The maximum absolute atomic E-state index is 11.0. The Hall–Kier alpha value is -0.610. The van der Waals surface area contributed by atoms with Gasteiger partial charge in [-0.05, 0) is 40.8 Å². The van der Waals surface area contributed by atoms with Gasteiger partial charge in [-0.15, -0.1) is 0 Å². The van der Waals surface area contributed by atoms with Crippen molar-refractivity contribution in [1.29, 1.82) is 0 Å². The number of rotatable bonds is 5. The normalized spacial score (nSPS) is 25.8. The second kappa shape index (κ2) is 6.36. The van der Waals surface area contributed by atoms with Gasteiger partial charge >= 0.3 is 5.97 Å². The summed E-state index contributed by atoms with van der Waals surface area (Å²) in [6, 6.07) is 1.16. The molecule has 1 aliphatic rings. The highest BCUT2D eigenvalue weighted by Gasteiger charge is 2.33. The van der Waals surface area contributed by atoms with Crippen LogP contribution >= 0.6 is 0 Å². The largest absolute Gasteiger partial charge is 0.480 e. The molecule has 0 saturated heterocycles. The summed E-state index contributed by atoms with van der Waals surface area (Å²) in [5.41, 5.74) is 0. The second-order valence-electron chi connectivity index (χ2n) is 5.54. The van der Waals surface area contributed by atoms with Crippen LogP contribution in [0.25, 0.3) is 0 Å². The molecule has 1 aliphatic carbocycles. The zero-order valence-corrected chi connectivity index (χ0v) is 11.5. The van der Waals surface area contributed by atoms with Crippen LogP contribution < -0.4 is 0 Å². The summed E-state index contributed by atoms with van der Waals surface area (Å²) in [4.78, 5) is 15.4. The van der Waals surface area contributed by atoms with E-state index in [1.165, 1.54) is 19.3 Å². The van der Waals surface area contributed by atoms with Gasteiger partial charge in [-0.1, -0.05) is 12.8 Å². The van der Waals surface area contributed by atoms with Gasteiger partial charge < -0.3 is 10.0 Å². The van der Waals surface area contributed by atoms with E-state index >= 15 is 0 Å². The predicted molar refractivity (Wildman–Crippen MR) is 69.2 cm³/mol. The molecule has 0 spiro atoms. The first kappa shape index (κ1) is 14.5. The van der Waals surface area contributed by atoms with Gasteiger partial charge in [-0.25, -0.2) is 0 Å². The van der Waals surface area contributed by atoms with Crippen molar-refractivity contribution in [3.05, 3.63) is 0 Å². The molecule has 4 heteroatoms. The van der Waals surface area contributed by atoms with Gasteiger partial charge in [0.2, 0.25) is 0 Å². The van der Waals surface area contributed by atoms with Crippen LogP contribution in [0.4, 0.5) is 0 Å². The second-order valence-corrected chi connectivity index (χ2v) is 5.54. The van der Waals surface area contributed by atoms with Crippen molar-refractivity contribution < 1.29 is 9.90 Å². The summed E-state index contributed by atoms with van der Waals surface area (Å²) in [5.74, 6) is -0.721. The average molecular weight is 242 g/mol. The molecule has 0 amide bonds. The molecule has 0 heterocycles. The Labute approximate surface area is 105 Å². The minimum atomic E-state index is -0.721. The first-order valence-corrected chi connectivity index (χ1v) is 6.57. The standard InChI is InChI=1S/C13H26N2O2/c1-10(2)15(9-13(16)17)12-8-6-5-7-11(12)14(3)4/h10-12H,5-9H2,1-4H3,(H,16,17)/t11-,12+/m0/s1. The molecule has 17 heavy (non-hydrogen) atoms. The number of likely N-dealkylation sites (N-methyl/N-ethyl adjacent to an activating group) is 1. The van der Waals surface area contributed by atoms with E-state index in [4.69, 9.17) is 5.11 Å². The van der Waals surface area contributed by atoms with E-state index in [-0.39, 0.29) is 12.6 Å². The smallest absolute Gasteiger partial charge is 0.317 e. The Morgan fingerprint density at radius 3 is 2.18 bits per heavy atom. The van der Waals surface area contributed by atoms with Crippen LogP contribution in [-0.4, -0.2) is 59.6 Å². The number of hydrogen-bond donors (Lipinski definition) is 1. The summed E-state index contributed by atoms with van der Waals surface area (Å²) in [5, 5.41) is 9.03. The van der Waals surface area contributed by atoms with Crippen LogP contribution in [0.3, 0.4) is 0 Å². The Balaban J connectivity index is 2.78. The van der Waals surface area contributed by atoms with Gasteiger partial charge in [0.05, 0.1) is 6.54 Å². The number of hydrogen-bond acceptors (Lipinski definition) is 3.